The monoisotopic (exact) mass is 463 g/mol. The number of nitrogens with one attached hydrogen (secondary N) is 1. The van der Waals surface area contributed by atoms with E-state index in [-0.39, 0.29) is 5.75 Å². The first kappa shape index (κ1) is 22.3. The first-order chi connectivity index (χ1) is 14.5. The fraction of sp³-hybridized carbons (Fsp3) is 0.0526. The van der Waals surface area contributed by atoms with E-state index in [1.807, 2.05) is 0 Å². The third kappa shape index (κ3) is 4.38. The molecule has 0 radical (unpaired) electrons. The summed E-state index contributed by atoms with van der Waals surface area (Å²) in [4.78, 5) is -1.72. The van der Waals surface area contributed by atoms with Crippen molar-refractivity contribution in [2.24, 2.45) is 0 Å². The van der Waals surface area contributed by atoms with Gasteiger partial charge in [0, 0.05) is 6.07 Å². The maximum atomic E-state index is 14.4. The predicted molar refractivity (Wildman–Crippen MR) is 96.5 cm³/mol. The quantitative estimate of drug-likeness (QED) is 0.313. The molecule has 0 aliphatic carbocycles. The lowest BCUT2D eigenvalue weighted by Gasteiger charge is -2.16. The average Bonchev–Trinajstić information content (AvgIpc) is 2.71. The summed E-state index contributed by atoms with van der Waals surface area (Å²) in [6.07, 6.45) is 0. The Balaban J connectivity index is 2.13. The number of anilines is 1. The second-order valence-electron chi connectivity index (χ2n) is 5.92. The number of hydrogen-bond acceptors (Lipinski definition) is 4. The van der Waals surface area contributed by atoms with Gasteiger partial charge in [-0.25, -0.2) is 30.4 Å². The Kier molecular flexibility index (Phi) is 6.02. The van der Waals surface area contributed by atoms with Crippen LogP contribution in [-0.2, 0) is 10.0 Å². The zero-order valence-corrected chi connectivity index (χ0v) is 16.2. The second kappa shape index (κ2) is 8.38. The normalized spacial score (nSPS) is 11.3. The van der Waals surface area contributed by atoms with Crippen LogP contribution in [0.1, 0.15) is 0 Å². The first-order valence-electron chi connectivity index (χ1n) is 8.21. The second-order valence-corrected chi connectivity index (χ2v) is 7.54. The van der Waals surface area contributed by atoms with Gasteiger partial charge in [-0.2, -0.15) is 4.39 Å². The number of hydrogen-bond donors (Lipinski definition) is 1. The molecule has 0 aliphatic heterocycles. The summed E-state index contributed by atoms with van der Waals surface area (Å²) in [7, 11) is -4.03. The molecule has 164 valence electrons. The van der Waals surface area contributed by atoms with Crippen molar-refractivity contribution in [1.82, 2.24) is 0 Å². The van der Waals surface area contributed by atoms with Crippen molar-refractivity contribution in [1.29, 1.82) is 0 Å². The van der Waals surface area contributed by atoms with Crippen LogP contribution in [0.15, 0.2) is 47.4 Å². The van der Waals surface area contributed by atoms with Crippen molar-refractivity contribution in [2.45, 2.75) is 4.90 Å². The first-order valence-corrected chi connectivity index (χ1v) is 9.69. The number of methoxy groups -OCH3 is 1. The number of halogens is 6. The third-order valence-electron chi connectivity index (χ3n) is 3.89. The Bertz CT molecular complexity index is 1250. The molecule has 0 fully saturated rings. The highest BCUT2D eigenvalue weighted by Crippen LogP contribution is 2.38. The van der Waals surface area contributed by atoms with Gasteiger partial charge in [-0.05, 0) is 36.4 Å². The fourth-order valence-corrected chi connectivity index (χ4v) is 3.72. The van der Waals surface area contributed by atoms with Crippen molar-refractivity contribution in [2.75, 3.05) is 11.8 Å². The highest BCUT2D eigenvalue weighted by Gasteiger charge is 2.35. The molecular formula is C19H11F6NO4S. The van der Waals surface area contributed by atoms with E-state index in [0.29, 0.717) is 6.07 Å². The van der Waals surface area contributed by atoms with Gasteiger partial charge in [0.05, 0.1) is 12.8 Å². The van der Waals surface area contributed by atoms with Gasteiger partial charge in [0.25, 0.3) is 10.0 Å². The Morgan fingerprint density at radius 3 is 2.00 bits per heavy atom. The van der Waals surface area contributed by atoms with Gasteiger partial charge >= 0.3 is 0 Å². The molecule has 0 heterocycles. The lowest BCUT2D eigenvalue weighted by Crippen LogP contribution is -2.18. The van der Waals surface area contributed by atoms with Gasteiger partial charge in [-0.15, -0.1) is 0 Å². The summed E-state index contributed by atoms with van der Waals surface area (Å²) in [5, 5.41) is 0. The Labute approximate surface area is 171 Å². The largest absolute Gasteiger partial charge is 0.494 e. The summed E-state index contributed by atoms with van der Waals surface area (Å²) in [5.41, 5.74) is -0.462. The zero-order valence-electron chi connectivity index (χ0n) is 15.4. The summed E-state index contributed by atoms with van der Waals surface area (Å²) in [6.45, 7) is 0. The maximum absolute atomic E-state index is 14.4. The fourth-order valence-electron chi connectivity index (χ4n) is 2.48. The Morgan fingerprint density at radius 2 is 1.42 bits per heavy atom. The number of sulfonamides is 1. The minimum absolute atomic E-state index is 0.242. The molecule has 1 N–H and O–H groups in total. The van der Waals surface area contributed by atoms with Gasteiger partial charge in [-0.1, -0.05) is 0 Å². The minimum atomic E-state index is -5.18. The molecule has 3 aromatic carbocycles. The molecule has 0 bridgehead atoms. The van der Waals surface area contributed by atoms with E-state index >= 15 is 0 Å². The van der Waals surface area contributed by atoms with Gasteiger partial charge in [0.15, 0.2) is 33.8 Å². The molecule has 0 unspecified atom stereocenters. The highest BCUT2D eigenvalue weighted by molar-refractivity contribution is 7.92. The lowest BCUT2D eigenvalue weighted by molar-refractivity contribution is 0.352. The van der Waals surface area contributed by atoms with Crippen molar-refractivity contribution in [3.05, 3.63) is 77.4 Å². The standard InChI is InChI=1S/C19H11F6NO4S/c1-29-13-7-4-10(8-12(13)21)26-31(27,28)19-17(25)15(23)14(22)16(24)18(19)30-11-5-2-9(20)3-6-11/h2-8,26H,1H3. The van der Waals surface area contributed by atoms with Crippen LogP contribution in [0.4, 0.5) is 32.0 Å². The lowest BCUT2D eigenvalue weighted by atomic mass is 10.2. The van der Waals surface area contributed by atoms with Crippen LogP contribution in [-0.4, -0.2) is 15.5 Å². The van der Waals surface area contributed by atoms with E-state index in [1.165, 1.54) is 0 Å². The zero-order chi connectivity index (χ0) is 22.9. The summed E-state index contributed by atoms with van der Waals surface area (Å²) >= 11 is 0. The smallest absolute Gasteiger partial charge is 0.268 e. The molecule has 0 saturated heterocycles. The van der Waals surface area contributed by atoms with Gasteiger partial charge < -0.3 is 9.47 Å². The van der Waals surface area contributed by atoms with E-state index in [1.54, 1.807) is 4.72 Å². The molecule has 0 spiro atoms. The van der Waals surface area contributed by atoms with E-state index in [0.717, 1.165) is 43.5 Å². The third-order valence-corrected chi connectivity index (χ3v) is 5.30. The van der Waals surface area contributed by atoms with E-state index in [2.05, 4.69) is 4.74 Å². The molecule has 5 nitrogen and oxygen atoms in total. The SMILES string of the molecule is COc1ccc(NS(=O)(=O)c2c(F)c(F)c(F)c(F)c2Oc2ccc(F)cc2)cc1F. The number of ether oxygens (including phenoxy) is 2. The molecular weight excluding hydrogens is 452 g/mol. The van der Waals surface area contributed by atoms with Crippen molar-refractivity contribution < 1.29 is 44.2 Å². The Hall–Kier alpha value is -3.41. The molecule has 0 aromatic heterocycles. The summed E-state index contributed by atoms with van der Waals surface area (Å²) < 4.78 is 120. The van der Waals surface area contributed by atoms with Crippen LogP contribution >= 0.6 is 0 Å². The topological polar surface area (TPSA) is 64.6 Å². The van der Waals surface area contributed by atoms with Crippen LogP contribution < -0.4 is 14.2 Å². The number of rotatable bonds is 6. The van der Waals surface area contributed by atoms with Crippen LogP contribution in [0.25, 0.3) is 0 Å². The molecule has 31 heavy (non-hydrogen) atoms. The molecule has 12 heteroatoms. The highest BCUT2D eigenvalue weighted by atomic mass is 32.2. The van der Waals surface area contributed by atoms with Crippen LogP contribution in [0.5, 0.6) is 17.2 Å². The summed E-state index contributed by atoms with van der Waals surface area (Å²) in [5.74, 6) is -13.1. The van der Waals surface area contributed by atoms with Gasteiger partial charge in [0.1, 0.15) is 11.6 Å². The number of benzene rings is 3. The van der Waals surface area contributed by atoms with E-state index in [4.69, 9.17) is 4.74 Å². The molecule has 0 amide bonds. The van der Waals surface area contributed by atoms with Gasteiger partial charge in [-0.3, -0.25) is 4.72 Å². The Morgan fingerprint density at radius 1 is 0.806 bits per heavy atom. The van der Waals surface area contributed by atoms with Crippen molar-refractivity contribution >= 4 is 15.7 Å². The van der Waals surface area contributed by atoms with Crippen LogP contribution in [0.2, 0.25) is 0 Å². The van der Waals surface area contributed by atoms with E-state index in [9.17, 15) is 34.8 Å². The molecule has 0 aliphatic rings. The predicted octanol–water partition coefficient (Wildman–Crippen LogP) is 5.12. The maximum Gasteiger partial charge on any atom is 0.268 e. The van der Waals surface area contributed by atoms with Crippen LogP contribution in [0, 0.1) is 34.9 Å². The van der Waals surface area contributed by atoms with Gasteiger partial charge in [0.2, 0.25) is 11.6 Å². The molecule has 0 saturated carbocycles. The average molecular weight is 463 g/mol. The van der Waals surface area contributed by atoms with Crippen molar-refractivity contribution in [3.63, 3.8) is 0 Å². The minimum Gasteiger partial charge on any atom is -0.494 e. The summed E-state index contributed by atoms with van der Waals surface area (Å²) in [6, 6.07) is 6.23. The van der Waals surface area contributed by atoms with Crippen LogP contribution in [0.3, 0.4) is 0 Å². The molecule has 0 atom stereocenters. The molecule has 3 aromatic rings. The van der Waals surface area contributed by atoms with E-state index < -0.39 is 67.0 Å². The molecule has 3 rings (SSSR count). The van der Waals surface area contributed by atoms with Crippen molar-refractivity contribution in [3.8, 4) is 17.2 Å².